The quantitative estimate of drug-likeness (QED) is 0.556. The molecule has 0 aromatic carbocycles. The lowest BCUT2D eigenvalue weighted by Gasteiger charge is -2.25. The smallest absolute Gasteiger partial charge is 0.0782 e. The van der Waals surface area contributed by atoms with Gasteiger partial charge in [0.1, 0.15) is 0 Å². The summed E-state index contributed by atoms with van der Waals surface area (Å²) in [6.07, 6.45) is 2.30. The lowest BCUT2D eigenvalue weighted by atomic mass is 10.0. The molecule has 1 rings (SSSR count). The van der Waals surface area contributed by atoms with E-state index in [1.165, 1.54) is 5.56 Å². The van der Waals surface area contributed by atoms with Crippen molar-refractivity contribution in [3.63, 3.8) is 0 Å². The molecule has 0 spiro atoms. The standard InChI is InChI=1S/C11H20N2OS/c1-3-5-10(14-4-2)11(13-12)9-6-7-15-8-9/h6-8,10-11,13H,3-5,12H2,1-2H3. The van der Waals surface area contributed by atoms with Crippen molar-refractivity contribution in [2.24, 2.45) is 5.84 Å². The van der Waals surface area contributed by atoms with E-state index in [9.17, 15) is 0 Å². The van der Waals surface area contributed by atoms with E-state index in [4.69, 9.17) is 10.6 Å². The molecule has 0 saturated heterocycles. The third-order valence-corrected chi connectivity index (χ3v) is 3.11. The molecule has 0 radical (unpaired) electrons. The monoisotopic (exact) mass is 228 g/mol. The summed E-state index contributed by atoms with van der Waals surface area (Å²) in [5, 5.41) is 4.18. The van der Waals surface area contributed by atoms with Gasteiger partial charge in [-0.25, -0.2) is 0 Å². The van der Waals surface area contributed by atoms with Crippen molar-refractivity contribution in [3.05, 3.63) is 22.4 Å². The van der Waals surface area contributed by atoms with Gasteiger partial charge < -0.3 is 4.74 Å². The fourth-order valence-electron chi connectivity index (χ4n) is 1.71. The molecule has 1 aromatic heterocycles. The SMILES string of the molecule is CCCC(OCC)C(NN)c1ccsc1. The Kier molecular flexibility index (Phi) is 5.86. The summed E-state index contributed by atoms with van der Waals surface area (Å²) >= 11 is 1.69. The van der Waals surface area contributed by atoms with Crippen LogP contribution >= 0.6 is 11.3 Å². The molecule has 3 nitrogen and oxygen atoms in total. The summed E-state index contributed by atoms with van der Waals surface area (Å²) in [6.45, 7) is 4.91. The Labute approximate surface area is 95.6 Å². The van der Waals surface area contributed by atoms with Gasteiger partial charge in [-0.05, 0) is 35.7 Å². The van der Waals surface area contributed by atoms with Gasteiger partial charge in [-0.3, -0.25) is 11.3 Å². The first-order valence-electron chi connectivity index (χ1n) is 5.43. The summed E-state index contributed by atoms with van der Waals surface area (Å²) in [5.41, 5.74) is 4.07. The zero-order valence-corrected chi connectivity index (χ0v) is 10.2. The molecule has 0 aliphatic rings. The second-order valence-corrected chi connectivity index (χ2v) is 4.26. The summed E-state index contributed by atoms with van der Waals surface area (Å²) in [4.78, 5) is 0. The minimum Gasteiger partial charge on any atom is -0.376 e. The zero-order valence-electron chi connectivity index (χ0n) is 9.40. The van der Waals surface area contributed by atoms with Crippen molar-refractivity contribution in [2.45, 2.75) is 38.8 Å². The summed E-state index contributed by atoms with van der Waals surface area (Å²) in [7, 11) is 0. The van der Waals surface area contributed by atoms with Crippen molar-refractivity contribution in [1.82, 2.24) is 5.43 Å². The summed E-state index contributed by atoms with van der Waals surface area (Å²) < 4.78 is 5.72. The van der Waals surface area contributed by atoms with E-state index in [-0.39, 0.29) is 12.1 Å². The topological polar surface area (TPSA) is 47.3 Å². The van der Waals surface area contributed by atoms with Crippen LogP contribution in [-0.4, -0.2) is 12.7 Å². The van der Waals surface area contributed by atoms with Crippen LogP contribution in [0, 0.1) is 0 Å². The number of thiophene rings is 1. The van der Waals surface area contributed by atoms with Crippen molar-refractivity contribution in [2.75, 3.05) is 6.61 Å². The molecule has 4 heteroatoms. The van der Waals surface area contributed by atoms with Crippen LogP contribution in [-0.2, 0) is 4.74 Å². The van der Waals surface area contributed by atoms with Crippen LogP contribution in [0.25, 0.3) is 0 Å². The summed E-state index contributed by atoms with van der Waals surface area (Å²) in [6, 6.07) is 2.20. The molecule has 0 aliphatic heterocycles. The van der Waals surface area contributed by atoms with Crippen LogP contribution in [0.1, 0.15) is 38.3 Å². The third-order valence-electron chi connectivity index (χ3n) is 2.41. The maximum absolute atomic E-state index is 5.72. The number of ether oxygens (including phenoxy) is 1. The van der Waals surface area contributed by atoms with E-state index in [1.54, 1.807) is 11.3 Å². The second-order valence-electron chi connectivity index (χ2n) is 3.48. The zero-order chi connectivity index (χ0) is 11.1. The van der Waals surface area contributed by atoms with Crippen LogP contribution in [0.5, 0.6) is 0 Å². The van der Waals surface area contributed by atoms with Gasteiger partial charge in [0.25, 0.3) is 0 Å². The van der Waals surface area contributed by atoms with Gasteiger partial charge >= 0.3 is 0 Å². The highest BCUT2D eigenvalue weighted by molar-refractivity contribution is 7.07. The molecule has 0 bridgehead atoms. The predicted molar refractivity (Wildman–Crippen MR) is 64.7 cm³/mol. The van der Waals surface area contributed by atoms with E-state index >= 15 is 0 Å². The van der Waals surface area contributed by atoms with Crippen LogP contribution in [0.3, 0.4) is 0 Å². The van der Waals surface area contributed by atoms with Crippen molar-refractivity contribution < 1.29 is 4.74 Å². The van der Waals surface area contributed by atoms with E-state index in [1.807, 2.05) is 6.92 Å². The molecule has 1 heterocycles. The molecular formula is C11H20N2OS. The van der Waals surface area contributed by atoms with Gasteiger partial charge in [0.15, 0.2) is 0 Å². The van der Waals surface area contributed by atoms with E-state index < -0.39 is 0 Å². The fourth-order valence-corrected chi connectivity index (χ4v) is 2.41. The predicted octanol–water partition coefficient (Wildman–Crippen LogP) is 2.46. The van der Waals surface area contributed by atoms with Crippen LogP contribution < -0.4 is 11.3 Å². The molecule has 86 valence electrons. The third kappa shape index (κ3) is 3.57. The average molecular weight is 228 g/mol. The number of nitrogens with two attached hydrogens (primary N) is 1. The second kappa shape index (κ2) is 6.95. The molecule has 3 N–H and O–H groups in total. The normalized spacial score (nSPS) is 15.1. The maximum Gasteiger partial charge on any atom is 0.0782 e. The van der Waals surface area contributed by atoms with Gasteiger partial charge in [0, 0.05) is 6.61 Å². The minimum atomic E-state index is 0.108. The van der Waals surface area contributed by atoms with E-state index in [0.717, 1.165) is 19.4 Å². The number of hydrazine groups is 1. The Morgan fingerprint density at radius 1 is 1.53 bits per heavy atom. The van der Waals surface area contributed by atoms with Gasteiger partial charge in [0.2, 0.25) is 0 Å². The van der Waals surface area contributed by atoms with Crippen molar-refractivity contribution >= 4 is 11.3 Å². The van der Waals surface area contributed by atoms with Crippen LogP contribution in [0.2, 0.25) is 0 Å². The largest absolute Gasteiger partial charge is 0.376 e. The Hall–Kier alpha value is -0.420. The van der Waals surface area contributed by atoms with E-state index in [2.05, 4.69) is 29.2 Å². The first-order valence-corrected chi connectivity index (χ1v) is 6.37. The molecule has 2 unspecified atom stereocenters. The van der Waals surface area contributed by atoms with Crippen molar-refractivity contribution in [1.29, 1.82) is 0 Å². The van der Waals surface area contributed by atoms with Crippen LogP contribution in [0.15, 0.2) is 16.8 Å². The van der Waals surface area contributed by atoms with Gasteiger partial charge in [-0.15, -0.1) is 0 Å². The van der Waals surface area contributed by atoms with Crippen LogP contribution in [0.4, 0.5) is 0 Å². The molecule has 0 aliphatic carbocycles. The lowest BCUT2D eigenvalue weighted by Crippen LogP contribution is -2.37. The van der Waals surface area contributed by atoms with Gasteiger partial charge in [-0.2, -0.15) is 11.3 Å². The number of hydrogen-bond donors (Lipinski definition) is 2. The highest BCUT2D eigenvalue weighted by Crippen LogP contribution is 2.23. The Morgan fingerprint density at radius 2 is 2.33 bits per heavy atom. The molecule has 0 fully saturated rings. The van der Waals surface area contributed by atoms with Gasteiger partial charge in [-0.1, -0.05) is 13.3 Å². The minimum absolute atomic E-state index is 0.108. The maximum atomic E-state index is 5.72. The summed E-state index contributed by atoms with van der Waals surface area (Å²) in [5.74, 6) is 5.60. The highest BCUT2D eigenvalue weighted by Gasteiger charge is 2.21. The molecule has 15 heavy (non-hydrogen) atoms. The Bertz CT molecular complexity index is 245. The van der Waals surface area contributed by atoms with Gasteiger partial charge in [0.05, 0.1) is 12.1 Å². The molecule has 2 atom stereocenters. The molecule has 0 saturated carbocycles. The first-order chi connectivity index (χ1) is 7.33. The first kappa shape index (κ1) is 12.6. The molecular weight excluding hydrogens is 208 g/mol. The molecule has 1 aromatic rings. The number of nitrogens with one attached hydrogen (secondary N) is 1. The average Bonchev–Trinajstić information content (AvgIpc) is 2.73. The Balaban J connectivity index is 2.69. The van der Waals surface area contributed by atoms with Crippen molar-refractivity contribution in [3.8, 4) is 0 Å². The lowest BCUT2D eigenvalue weighted by molar-refractivity contribution is 0.0277. The number of rotatable bonds is 7. The molecule has 0 amide bonds. The van der Waals surface area contributed by atoms with E-state index in [0.29, 0.717) is 0 Å². The Morgan fingerprint density at radius 3 is 2.80 bits per heavy atom. The fraction of sp³-hybridized carbons (Fsp3) is 0.636. The number of hydrogen-bond acceptors (Lipinski definition) is 4. The highest BCUT2D eigenvalue weighted by atomic mass is 32.1.